The maximum Gasteiger partial charge on any atom is 0.418 e. The van der Waals surface area contributed by atoms with Crippen molar-refractivity contribution >= 4 is 22.7 Å². The van der Waals surface area contributed by atoms with Gasteiger partial charge in [-0.05, 0) is 64.3 Å². The molecule has 14 heteroatoms. The van der Waals surface area contributed by atoms with Crippen LogP contribution in [0.15, 0.2) is 34.9 Å². The molecule has 2 saturated heterocycles. The van der Waals surface area contributed by atoms with Gasteiger partial charge in [-0.25, -0.2) is 4.79 Å². The lowest BCUT2D eigenvalue weighted by atomic mass is 9.58. The van der Waals surface area contributed by atoms with Gasteiger partial charge in [0.1, 0.15) is 11.0 Å². The van der Waals surface area contributed by atoms with Gasteiger partial charge in [-0.3, -0.25) is 4.98 Å². The molecule has 1 spiro atoms. The van der Waals surface area contributed by atoms with Crippen LogP contribution in [0, 0.1) is 10.8 Å². The number of ether oxygens (including phenoxy) is 1. The molecule has 43 heavy (non-hydrogen) atoms. The zero-order chi connectivity index (χ0) is 30.8. The van der Waals surface area contributed by atoms with E-state index in [0.717, 1.165) is 6.07 Å². The summed E-state index contributed by atoms with van der Waals surface area (Å²) >= 11 is 0. The van der Waals surface area contributed by atoms with E-state index in [1.165, 1.54) is 29.3 Å². The molecule has 4 aliphatic rings. The lowest BCUT2D eigenvalue weighted by Gasteiger charge is -2.57. The number of likely N-dealkylation sites (tertiary alicyclic amines) is 1. The lowest BCUT2D eigenvalue weighted by molar-refractivity contribution is -0.187. The number of pyridine rings is 1. The summed E-state index contributed by atoms with van der Waals surface area (Å²) in [6.07, 6.45) is -7.32. The third kappa shape index (κ3) is 4.18. The summed E-state index contributed by atoms with van der Waals surface area (Å²) in [5, 5.41) is 8.36. The van der Waals surface area contributed by atoms with Crippen molar-refractivity contribution in [1.29, 1.82) is 0 Å². The summed E-state index contributed by atoms with van der Waals surface area (Å²) in [5.41, 5.74) is -5.37. The van der Waals surface area contributed by atoms with Gasteiger partial charge in [-0.2, -0.15) is 26.3 Å². The van der Waals surface area contributed by atoms with Gasteiger partial charge in [0.25, 0.3) is 0 Å². The highest BCUT2D eigenvalue weighted by Gasteiger charge is 2.86. The number of benzene rings is 1. The molecule has 2 saturated carbocycles. The van der Waals surface area contributed by atoms with Crippen molar-refractivity contribution in [1.82, 2.24) is 20.1 Å². The van der Waals surface area contributed by atoms with Crippen LogP contribution in [0.3, 0.4) is 0 Å². The maximum atomic E-state index is 14.6. The number of hydrogen-bond acceptors (Lipinski definition) is 7. The summed E-state index contributed by atoms with van der Waals surface area (Å²) in [7, 11) is 0. The second kappa shape index (κ2) is 8.53. The van der Waals surface area contributed by atoms with Crippen molar-refractivity contribution in [3.63, 3.8) is 0 Å². The van der Waals surface area contributed by atoms with Crippen LogP contribution in [0.2, 0.25) is 0 Å². The van der Waals surface area contributed by atoms with Crippen molar-refractivity contribution in [2.24, 2.45) is 10.8 Å². The van der Waals surface area contributed by atoms with Crippen LogP contribution >= 0.6 is 0 Å². The Balaban J connectivity index is 1.11. The quantitative estimate of drug-likeness (QED) is 0.315. The first-order chi connectivity index (χ1) is 20.0. The molecule has 3 aromatic rings. The van der Waals surface area contributed by atoms with Crippen molar-refractivity contribution in [2.45, 2.75) is 69.3 Å². The molecule has 8 nitrogen and oxygen atoms in total. The van der Waals surface area contributed by atoms with Crippen molar-refractivity contribution < 1.29 is 40.3 Å². The van der Waals surface area contributed by atoms with E-state index in [1.807, 2.05) is 0 Å². The fraction of sp³-hybridized carbons (Fsp3) is 0.586. The molecule has 0 N–H and O–H groups in total. The molecule has 4 heterocycles. The molecule has 0 unspecified atom stereocenters. The van der Waals surface area contributed by atoms with Gasteiger partial charge in [0, 0.05) is 54.8 Å². The van der Waals surface area contributed by atoms with E-state index < -0.39 is 40.9 Å². The summed E-state index contributed by atoms with van der Waals surface area (Å²) in [5.74, 6) is 0.0536. The average molecular weight is 610 g/mol. The molecule has 2 aliphatic heterocycles. The number of carbonyl (C=O) groups excluding carboxylic acids is 1. The van der Waals surface area contributed by atoms with Crippen molar-refractivity contribution in [3.05, 3.63) is 47.8 Å². The molecule has 0 bridgehead atoms. The van der Waals surface area contributed by atoms with Crippen molar-refractivity contribution in [2.75, 3.05) is 31.1 Å². The highest BCUT2D eigenvalue weighted by atomic mass is 19.4. The SMILES string of the molecule is CC(C)(C)OC(=O)N1CC2(CC(c3nnc([C@]45CN(c6ccc(C(F)(F)F)c7ncccc67)C[C@@]4(C(F)(F)F)C5)o3)C2)C1. The average Bonchev–Trinajstić information content (AvgIpc) is 3.14. The summed E-state index contributed by atoms with van der Waals surface area (Å²) < 4.78 is 96.1. The van der Waals surface area contributed by atoms with Crippen LogP contribution < -0.4 is 4.90 Å². The molecule has 2 aliphatic carbocycles. The van der Waals surface area contributed by atoms with E-state index in [2.05, 4.69) is 15.2 Å². The van der Waals surface area contributed by atoms with Gasteiger partial charge in [0.15, 0.2) is 0 Å². The monoisotopic (exact) mass is 609 g/mol. The van der Waals surface area contributed by atoms with Crippen LogP contribution in [0.1, 0.15) is 63.3 Å². The summed E-state index contributed by atoms with van der Waals surface area (Å²) in [4.78, 5) is 19.3. The van der Waals surface area contributed by atoms with Crippen molar-refractivity contribution in [3.8, 4) is 0 Å². The topological polar surface area (TPSA) is 84.6 Å². The second-order valence-electron chi connectivity index (χ2n) is 13.6. The minimum absolute atomic E-state index is 0.0916. The molecule has 0 radical (unpaired) electrons. The first kappa shape index (κ1) is 28.2. The van der Waals surface area contributed by atoms with Crippen LogP contribution in [0.25, 0.3) is 10.9 Å². The second-order valence-corrected chi connectivity index (χ2v) is 13.6. The molecule has 1 aromatic carbocycles. The standard InChI is InChI=1S/C29H29F6N5O3/c1-24(2,3)43-23(41)40-12-25(13-40)9-16(10-25)21-37-38-22(42-21)26-11-27(26,29(33,34)35)15-39(14-26)19-7-6-18(28(30,31)32)20-17(19)5-4-8-36-20/h4-8,16H,9-15H2,1-3H3/t26-,27-/m0/s1. The number of anilines is 1. The maximum absolute atomic E-state index is 14.6. The Morgan fingerprint density at radius 3 is 2.37 bits per heavy atom. The van der Waals surface area contributed by atoms with E-state index in [0.29, 0.717) is 25.9 Å². The van der Waals surface area contributed by atoms with Crippen LogP contribution in [-0.4, -0.2) is 64.1 Å². The Labute approximate surface area is 242 Å². The molecular formula is C29H29F6N5O3. The largest absolute Gasteiger partial charge is 0.444 e. The van der Waals surface area contributed by atoms with Gasteiger partial charge < -0.3 is 19.0 Å². The number of amides is 1. The van der Waals surface area contributed by atoms with Gasteiger partial charge >= 0.3 is 18.4 Å². The Bertz CT molecular complexity index is 1620. The zero-order valence-electron chi connectivity index (χ0n) is 23.6. The smallest absolute Gasteiger partial charge is 0.418 e. The van der Waals surface area contributed by atoms with E-state index in [-0.39, 0.29) is 58.8 Å². The number of carbonyl (C=O) groups is 1. The van der Waals surface area contributed by atoms with E-state index >= 15 is 0 Å². The third-order valence-electron chi connectivity index (χ3n) is 9.51. The molecule has 7 rings (SSSR count). The highest BCUT2D eigenvalue weighted by Crippen LogP contribution is 2.75. The fourth-order valence-electron chi connectivity index (χ4n) is 7.46. The zero-order valence-corrected chi connectivity index (χ0v) is 23.6. The van der Waals surface area contributed by atoms with Gasteiger partial charge in [-0.1, -0.05) is 0 Å². The number of halogens is 6. The molecule has 2 atom stereocenters. The summed E-state index contributed by atoms with van der Waals surface area (Å²) in [6, 6.07) is 4.97. The summed E-state index contributed by atoms with van der Waals surface area (Å²) in [6.45, 7) is 5.88. The number of aromatic nitrogens is 3. The molecular weight excluding hydrogens is 580 g/mol. The molecule has 1 amide bonds. The fourth-order valence-corrected chi connectivity index (χ4v) is 7.46. The first-order valence-corrected chi connectivity index (χ1v) is 14.0. The van der Waals surface area contributed by atoms with Gasteiger partial charge in [0.05, 0.1) is 16.5 Å². The highest BCUT2D eigenvalue weighted by molar-refractivity contribution is 5.94. The number of fused-ring (bicyclic) bond motifs is 2. The van der Waals surface area contributed by atoms with E-state index in [9.17, 15) is 31.1 Å². The molecule has 4 fully saturated rings. The normalized spacial score (nSPS) is 26.8. The number of hydrogen-bond donors (Lipinski definition) is 0. The Morgan fingerprint density at radius 1 is 1.00 bits per heavy atom. The minimum Gasteiger partial charge on any atom is -0.444 e. The Morgan fingerprint density at radius 2 is 1.72 bits per heavy atom. The third-order valence-corrected chi connectivity index (χ3v) is 9.51. The number of piperidine rings is 1. The number of nitrogens with zero attached hydrogens (tertiary/aromatic N) is 5. The van der Waals surface area contributed by atoms with E-state index in [4.69, 9.17) is 9.15 Å². The lowest BCUT2D eigenvalue weighted by Crippen LogP contribution is -2.63. The Hall–Kier alpha value is -3.58. The van der Waals surface area contributed by atoms with Crippen LogP contribution in [0.4, 0.5) is 36.8 Å². The van der Waals surface area contributed by atoms with Gasteiger partial charge in [0.2, 0.25) is 11.8 Å². The van der Waals surface area contributed by atoms with Crippen LogP contribution in [0.5, 0.6) is 0 Å². The number of rotatable bonds is 3. The number of alkyl halides is 6. The predicted molar refractivity (Wildman–Crippen MR) is 140 cm³/mol. The molecule has 230 valence electrons. The first-order valence-electron chi connectivity index (χ1n) is 14.0. The van der Waals surface area contributed by atoms with Crippen LogP contribution in [-0.2, 0) is 16.3 Å². The molecule has 2 aromatic heterocycles. The Kier molecular flexibility index (Phi) is 5.59. The predicted octanol–water partition coefficient (Wildman–Crippen LogP) is 6.46. The van der Waals surface area contributed by atoms with Gasteiger partial charge in [-0.15, -0.1) is 10.2 Å². The minimum atomic E-state index is -4.67. The van der Waals surface area contributed by atoms with E-state index in [1.54, 1.807) is 25.7 Å².